The topological polar surface area (TPSA) is 32.3 Å². The second-order valence-electron chi connectivity index (χ2n) is 5.94. The Morgan fingerprint density at radius 3 is 2.89 bits per heavy atom. The average Bonchev–Trinajstić information content (AvgIpc) is 3.03. The summed E-state index contributed by atoms with van der Waals surface area (Å²) in [5, 5.41) is 12.9. The number of aliphatic hydroxyl groups excluding tert-OH is 1. The highest BCUT2D eigenvalue weighted by atomic mass is 19.1. The fourth-order valence-corrected chi connectivity index (χ4v) is 3.74. The van der Waals surface area contributed by atoms with Gasteiger partial charge in [-0.15, -0.1) is 0 Å². The molecule has 104 valence electrons. The lowest BCUT2D eigenvalue weighted by molar-refractivity contribution is 0.190. The molecule has 3 rings (SSSR count). The van der Waals surface area contributed by atoms with Crippen LogP contribution in [0.1, 0.15) is 42.9 Å². The number of benzene rings is 1. The minimum atomic E-state index is -0.0594. The Kier molecular flexibility index (Phi) is 3.85. The Bertz CT molecular complexity index is 448. The van der Waals surface area contributed by atoms with Crippen LogP contribution in [0.4, 0.5) is 4.39 Å². The summed E-state index contributed by atoms with van der Waals surface area (Å²) in [7, 11) is 0. The molecule has 1 aromatic carbocycles. The lowest BCUT2D eigenvalue weighted by atomic mass is 9.96. The molecule has 0 aromatic heterocycles. The highest BCUT2D eigenvalue weighted by Gasteiger charge is 2.29. The minimum absolute atomic E-state index is 0.0594. The largest absolute Gasteiger partial charge is 0.396 e. The molecule has 0 aliphatic heterocycles. The van der Waals surface area contributed by atoms with Gasteiger partial charge in [0.1, 0.15) is 5.82 Å². The van der Waals surface area contributed by atoms with Crippen LogP contribution in [0.3, 0.4) is 0 Å². The van der Waals surface area contributed by atoms with Crippen molar-refractivity contribution in [3.8, 4) is 0 Å². The summed E-state index contributed by atoms with van der Waals surface area (Å²) < 4.78 is 13.7. The Morgan fingerprint density at radius 1 is 1.21 bits per heavy atom. The van der Waals surface area contributed by atoms with Crippen LogP contribution < -0.4 is 5.32 Å². The zero-order valence-electron chi connectivity index (χ0n) is 11.2. The van der Waals surface area contributed by atoms with E-state index in [9.17, 15) is 9.50 Å². The number of halogens is 1. The molecule has 3 unspecified atom stereocenters. The first-order chi connectivity index (χ1) is 9.29. The summed E-state index contributed by atoms with van der Waals surface area (Å²) >= 11 is 0. The number of hydrogen-bond donors (Lipinski definition) is 2. The van der Waals surface area contributed by atoms with Crippen molar-refractivity contribution >= 4 is 0 Å². The fraction of sp³-hybridized carbons (Fsp3) is 0.625. The van der Waals surface area contributed by atoms with Crippen LogP contribution in [-0.2, 0) is 6.42 Å². The molecule has 0 saturated heterocycles. The number of hydrogen-bond acceptors (Lipinski definition) is 2. The van der Waals surface area contributed by atoms with Crippen molar-refractivity contribution in [2.24, 2.45) is 11.8 Å². The molecule has 1 saturated carbocycles. The van der Waals surface area contributed by atoms with Crippen molar-refractivity contribution in [1.82, 2.24) is 5.32 Å². The summed E-state index contributed by atoms with van der Waals surface area (Å²) in [6.45, 7) is 1.26. The third kappa shape index (κ3) is 2.54. The van der Waals surface area contributed by atoms with Crippen LogP contribution in [0.25, 0.3) is 0 Å². The maximum atomic E-state index is 13.7. The number of rotatable bonds is 4. The van der Waals surface area contributed by atoms with Gasteiger partial charge in [-0.25, -0.2) is 4.39 Å². The Labute approximate surface area is 114 Å². The SMILES string of the molecule is OCC1CCCC1CNC1CCc2c(F)cccc21. The molecule has 0 amide bonds. The summed E-state index contributed by atoms with van der Waals surface area (Å²) in [6.07, 6.45) is 5.42. The Balaban J connectivity index is 1.62. The van der Waals surface area contributed by atoms with Gasteiger partial charge >= 0.3 is 0 Å². The monoisotopic (exact) mass is 263 g/mol. The maximum absolute atomic E-state index is 13.7. The van der Waals surface area contributed by atoms with E-state index in [1.807, 2.05) is 6.07 Å². The van der Waals surface area contributed by atoms with Crippen molar-refractivity contribution in [2.45, 2.75) is 38.1 Å². The molecular weight excluding hydrogens is 241 g/mol. The van der Waals surface area contributed by atoms with Crippen LogP contribution >= 0.6 is 0 Å². The van der Waals surface area contributed by atoms with Crippen molar-refractivity contribution in [1.29, 1.82) is 0 Å². The molecule has 2 N–H and O–H groups in total. The van der Waals surface area contributed by atoms with Crippen molar-refractivity contribution in [3.05, 3.63) is 35.1 Å². The number of nitrogens with one attached hydrogen (secondary N) is 1. The van der Waals surface area contributed by atoms with Gasteiger partial charge in [-0.3, -0.25) is 0 Å². The molecule has 19 heavy (non-hydrogen) atoms. The standard InChI is InChI=1S/C16H22FNO/c17-15-6-2-5-14-13(15)7-8-16(14)18-9-11-3-1-4-12(11)10-19/h2,5-6,11-12,16,18-19H,1,3-4,7-10H2. The average molecular weight is 263 g/mol. The van der Waals surface area contributed by atoms with Gasteiger partial charge in [-0.2, -0.15) is 0 Å². The molecule has 3 heteroatoms. The van der Waals surface area contributed by atoms with Gasteiger partial charge in [-0.05, 0) is 61.3 Å². The summed E-state index contributed by atoms with van der Waals surface area (Å²) in [5.41, 5.74) is 2.03. The van der Waals surface area contributed by atoms with Crippen LogP contribution in [0.2, 0.25) is 0 Å². The van der Waals surface area contributed by atoms with Crippen LogP contribution in [0, 0.1) is 17.7 Å². The first-order valence-corrected chi connectivity index (χ1v) is 7.41. The summed E-state index contributed by atoms with van der Waals surface area (Å²) in [5.74, 6) is 0.986. The van der Waals surface area contributed by atoms with Crippen LogP contribution in [0.5, 0.6) is 0 Å². The number of fused-ring (bicyclic) bond motifs is 1. The van der Waals surface area contributed by atoms with E-state index in [4.69, 9.17) is 0 Å². The molecule has 1 fully saturated rings. The first-order valence-electron chi connectivity index (χ1n) is 7.41. The quantitative estimate of drug-likeness (QED) is 0.875. The smallest absolute Gasteiger partial charge is 0.126 e. The summed E-state index contributed by atoms with van der Waals surface area (Å²) in [6, 6.07) is 5.70. The van der Waals surface area contributed by atoms with Gasteiger partial charge in [0.25, 0.3) is 0 Å². The maximum Gasteiger partial charge on any atom is 0.126 e. The molecular formula is C16H22FNO. The van der Waals surface area contributed by atoms with Crippen LogP contribution in [0.15, 0.2) is 18.2 Å². The highest BCUT2D eigenvalue weighted by Crippen LogP contribution is 2.35. The minimum Gasteiger partial charge on any atom is -0.396 e. The van der Waals surface area contributed by atoms with E-state index in [1.54, 1.807) is 12.1 Å². The molecule has 2 aliphatic rings. The van der Waals surface area contributed by atoms with E-state index in [-0.39, 0.29) is 5.82 Å². The molecule has 0 heterocycles. The molecule has 2 nitrogen and oxygen atoms in total. The van der Waals surface area contributed by atoms with Gasteiger partial charge in [0, 0.05) is 12.6 Å². The molecule has 0 radical (unpaired) electrons. The van der Waals surface area contributed by atoms with E-state index in [0.29, 0.717) is 24.5 Å². The van der Waals surface area contributed by atoms with E-state index >= 15 is 0 Å². The molecule has 0 bridgehead atoms. The lowest BCUT2D eigenvalue weighted by Crippen LogP contribution is -2.29. The van der Waals surface area contributed by atoms with Gasteiger partial charge in [0.2, 0.25) is 0 Å². The first kappa shape index (κ1) is 13.1. The predicted octanol–water partition coefficient (Wildman–Crippen LogP) is 2.81. The zero-order chi connectivity index (χ0) is 13.2. The zero-order valence-corrected chi connectivity index (χ0v) is 11.2. The van der Waals surface area contributed by atoms with Crippen molar-refractivity contribution < 1.29 is 9.50 Å². The second kappa shape index (κ2) is 5.59. The second-order valence-corrected chi connectivity index (χ2v) is 5.94. The van der Waals surface area contributed by atoms with Gasteiger partial charge in [0.15, 0.2) is 0 Å². The Hall–Kier alpha value is -0.930. The van der Waals surface area contributed by atoms with Crippen molar-refractivity contribution in [3.63, 3.8) is 0 Å². The van der Waals surface area contributed by atoms with Gasteiger partial charge < -0.3 is 10.4 Å². The molecule has 0 spiro atoms. The molecule has 3 atom stereocenters. The van der Waals surface area contributed by atoms with E-state index in [0.717, 1.165) is 36.9 Å². The van der Waals surface area contributed by atoms with Gasteiger partial charge in [-0.1, -0.05) is 18.6 Å². The fourth-order valence-electron chi connectivity index (χ4n) is 3.74. The third-order valence-corrected chi connectivity index (χ3v) is 4.89. The van der Waals surface area contributed by atoms with Crippen LogP contribution in [-0.4, -0.2) is 18.3 Å². The van der Waals surface area contributed by atoms with Gasteiger partial charge in [0.05, 0.1) is 0 Å². The number of aliphatic hydroxyl groups is 1. The highest BCUT2D eigenvalue weighted by molar-refractivity contribution is 5.35. The van der Waals surface area contributed by atoms with Crippen molar-refractivity contribution in [2.75, 3.05) is 13.2 Å². The molecule has 1 aromatic rings. The summed E-state index contributed by atoms with van der Waals surface area (Å²) in [4.78, 5) is 0. The van der Waals surface area contributed by atoms with E-state index < -0.39 is 0 Å². The Morgan fingerprint density at radius 2 is 2.05 bits per heavy atom. The van der Waals surface area contributed by atoms with E-state index in [1.165, 1.54) is 12.8 Å². The van der Waals surface area contributed by atoms with E-state index in [2.05, 4.69) is 5.32 Å². The predicted molar refractivity (Wildman–Crippen MR) is 73.4 cm³/mol. The lowest BCUT2D eigenvalue weighted by Gasteiger charge is -2.21. The normalized spacial score (nSPS) is 29.7. The molecule has 2 aliphatic carbocycles. The third-order valence-electron chi connectivity index (χ3n) is 4.89.